The summed E-state index contributed by atoms with van der Waals surface area (Å²) >= 11 is 0. The molecule has 0 amide bonds. The largest absolute Gasteiger partial charge is 0.481 e. The molecular formula is C30H34N6O4S. The van der Waals surface area contributed by atoms with Gasteiger partial charge in [-0.05, 0) is 79.6 Å². The Labute approximate surface area is 239 Å². The Hall–Kier alpha value is -3.83. The van der Waals surface area contributed by atoms with Gasteiger partial charge in [0.2, 0.25) is 10.0 Å². The highest BCUT2D eigenvalue weighted by molar-refractivity contribution is 7.89. The van der Waals surface area contributed by atoms with E-state index < -0.39 is 21.9 Å². The molecule has 0 saturated carbocycles. The Morgan fingerprint density at radius 3 is 2.78 bits per heavy atom. The van der Waals surface area contributed by atoms with Crippen molar-refractivity contribution in [1.82, 2.24) is 24.3 Å². The van der Waals surface area contributed by atoms with Gasteiger partial charge in [0.15, 0.2) is 0 Å². The molecule has 41 heavy (non-hydrogen) atoms. The number of aryl methyl sites for hydroxylation is 3. The van der Waals surface area contributed by atoms with Crippen molar-refractivity contribution >= 4 is 32.8 Å². The number of anilines is 1. The van der Waals surface area contributed by atoms with E-state index in [0.717, 1.165) is 58.2 Å². The fourth-order valence-corrected chi connectivity index (χ4v) is 7.98. The normalized spacial score (nSPS) is 19.1. The predicted molar refractivity (Wildman–Crippen MR) is 155 cm³/mol. The van der Waals surface area contributed by atoms with E-state index in [1.54, 1.807) is 22.6 Å². The van der Waals surface area contributed by atoms with Crippen LogP contribution in [0, 0.1) is 13.8 Å². The van der Waals surface area contributed by atoms with Gasteiger partial charge < -0.3 is 10.0 Å². The number of aromatic nitrogens is 4. The third-order valence-corrected chi connectivity index (χ3v) is 10.4. The fraction of sp³-hybridized carbons (Fsp3) is 0.400. The van der Waals surface area contributed by atoms with Crippen molar-refractivity contribution in [3.05, 3.63) is 76.5 Å². The van der Waals surface area contributed by atoms with E-state index in [0.29, 0.717) is 18.9 Å². The van der Waals surface area contributed by atoms with Crippen LogP contribution in [0.15, 0.2) is 53.6 Å². The first-order valence-corrected chi connectivity index (χ1v) is 15.5. The lowest BCUT2D eigenvalue weighted by atomic mass is 9.84. The molecule has 11 heteroatoms. The maximum atomic E-state index is 13.9. The number of benzene rings is 2. The van der Waals surface area contributed by atoms with Crippen LogP contribution in [0.3, 0.4) is 0 Å². The van der Waals surface area contributed by atoms with E-state index in [2.05, 4.69) is 20.2 Å². The minimum Gasteiger partial charge on any atom is -0.481 e. The average molecular weight is 575 g/mol. The Balaban J connectivity index is 1.40. The zero-order valence-electron chi connectivity index (χ0n) is 23.5. The SMILES string of the molecule is CCn1nnc2c(C)c([C@@H](CC(=O)O)c3ccc(C)c(CN4C[C@H]5CCCN5c5ncccc5S4(=O)=O)c3)ccc21. The second kappa shape index (κ2) is 10.5. The van der Waals surface area contributed by atoms with Crippen LogP contribution in [0.2, 0.25) is 0 Å². The van der Waals surface area contributed by atoms with Gasteiger partial charge in [0.05, 0.1) is 11.9 Å². The van der Waals surface area contributed by atoms with Crippen molar-refractivity contribution in [2.24, 2.45) is 0 Å². The van der Waals surface area contributed by atoms with E-state index in [4.69, 9.17) is 0 Å². The van der Waals surface area contributed by atoms with Crippen LogP contribution in [-0.2, 0) is 27.9 Å². The van der Waals surface area contributed by atoms with Gasteiger partial charge in [0.1, 0.15) is 16.2 Å². The summed E-state index contributed by atoms with van der Waals surface area (Å²) in [5.41, 5.74) is 6.09. The number of carboxylic acids is 1. The van der Waals surface area contributed by atoms with Crippen molar-refractivity contribution in [3.8, 4) is 0 Å². The van der Waals surface area contributed by atoms with Crippen LogP contribution >= 0.6 is 0 Å². The van der Waals surface area contributed by atoms with Crippen LogP contribution in [0.4, 0.5) is 5.82 Å². The quantitative estimate of drug-likeness (QED) is 0.348. The van der Waals surface area contributed by atoms with Gasteiger partial charge in [0.25, 0.3) is 0 Å². The number of sulfonamides is 1. The highest BCUT2D eigenvalue weighted by atomic mass is 32.2. The second-order valence-electron chi connectivity index (χ2n) is 11.0. The number of carboxylic acid groups (broad SMARTS) is 1. The highest BCUT2D eigenvalue weighted by Gasteiger charge is 2.40. The Morgan fingerprint density at radius 2 is 2.00 bits per heavy atom. The first-order valence-electron chi connectivity index (χ1n) is 14.0. The fourth-order valence-electron chi connectivity index (χ4n) is 6.37. The molecule has 4 aromatic rings. The summed E-state index contributed by atoms with van der Waals surface area (Å²) in [6, 6.07) is 13.2. The topological polar surface area (TPSA) is 122 Å². The minimum absolute atomic E-state index is 0.0649. The molecule has 0 unspecified atom stereocenters. The highest BCUT2D eigenvalue weighted by Crippen LogP contribution is 2.38. The number of nitrogens with zero attached hydrogens (tertiary/aromatic N) is 6. The molecule has 0 radical (unpaired) electrons. The molecule has 0 aliphatic carbocycles. The Kier molecular flexibility index (Phi) is 7.03. The van der Waals surface area contributed by atoms with Crippen molar-refractivity contribution < 1.29 is 18.3 Å². The standard InChI is InChI=1S/C30H34N6O4S/c1-4-36-26-12-11-24(20(3)29(26)32-33-36)25(16-28(37)38)21-10-9-19(2)22(15-21)17-34-18-23-7-6-14-35(23)30-27(41(34,39)40)8-5-13-31-30/h5,8-13,15,23,25H,4,6-7,14,16-18H2,1-3H3,(H,37,38)/t23-,25+/m1/s1. The maximum Gasteiger partial charge on any atom is 0.304 e. The van der Waals surface area contributed by atoms with Crippen molar-refractivity contribution in [2.75, 3.05) is 18.0 Å². The van der Waals surface area contributed by atoms with Crippen LogP contribution in [-0.4, -0.2) is 62.9 Å². The first kappa shape index (κ1) is 27.3. The van der Waals surface area contributed by atoms with E-state index in [1.807, 2.05) is 55.8 Å². The van der Waals surface area contributed by atoms with Crippen molar-refractivity contribution in [1.29, 1.82) is 0 Å². The second-order valence-corrected chi connectivity index (χ2v) is 12.9. The van der Waals surface area contributed by atoms with Gasteiger partial charge in [-0.15, -0.1) is 5.10 Å². The number of aliphatic carboxylic acids is 1. The molecule has 2 aromatic heterocycles. The lowest BCUT2D eigenvalue weighted by molar-refractivity contribution is -0.137. The summed E-state index contributed by atoms with van der Waals surface area (Å²) in [7, 11) is -3.79. The van der Waals surface area contributed by atoms with Crippen LogP contribution in [0.1, 0.15) is 59.9 Å². The minimum atomic E-state index is -3.79. The monoisotopic (exact) mass is 574 g/mol. The lowest BCUT2D eigenvalue weighted by Gasteiger charge is -2.26. The maximum absolute atomic E-state index is 13.9. The van der Waals surface area contributed by atoms with Crippen LogP contribution < -0.4 is 4.90 Å². The molecule has 1 N–H and O–H groups in total. The number of hydrogen-bond donors (Lipinski definition) is 1. The summed E-state index contributed by atoms with van der Waals surface area (Å²) in [4.78, 5) is 18.9. The summed E-state index contributed by atoms with van der Waals surface area (Å²) in [5.74, 6) is -0.802. The number of carbonyl (C=O) groups is 1. The molecule has 2 aromatic carbocycles. The summed E-state index contributed by atoms with van der Waals surface area (Å²) < 4.78 is 31.2. The molecule has 6 rings (SSSR count). The summed E-state index contributed by atoms with van der Waals surface area (Å²) in [6.45, 7) is 7.98. The Bertz CT molecular complexity index is 1750. The van der Waals surface area contributed by atoms with Gasteiger partial charge in [0, 0.05) is 44.3 Å². The molecule has 1 saturated heterocycles. The first-order chi connectivity index (χ1) is 19.7. The third kappa shape index (κ3) is 4.76. The van der Waals surface area contributed by atoms with Crippen molar-refractivity contribution in [3.63, 3.8) is 0 Å². The summed E-state index contributed by atoms with van der Waals surface area (Å²) in [6.07, 6.45) is 3.45. The molecular weight excluding hydrogens is 540 g/mol. The van der Waals surface area contributed by atoms with E-state index in [1.165, 1.54) is 0 Å². The molecule has 2 atom stereocenters. The molecule has 1 fully saturated rings. The number of pyridine rings is 1. The smallest absolute Gasteiger partial charge is 0.304 e. The summed E-state index contributed by atoms with van der Waals surface area (Å²) in [5, 5.41) is 18.5. The van der Waals surface area contributed by atoms with Gasteiger partial charge >= 0.3 is 5.97 Å². The van der Waals surface area contributed by atoms with Crippen molar-refractivity contribution in [2.45, 2.75) is 70.0 Å². The lowest BCUT2D eigenvalue weighted by Crippen LogP contribution is -2.39. The van der Waals surface area contributed by atoms with E-state index in [-0.39, 0.29) is 23.9 Å². The van der Waals surface area contributed by atoms with Gasteiger partial charge in [-0.3, -0.25) is 4.79 Å². The average Bonchev–Trinajstić information content (AvgIpc) is 3.58. The third-order valence-electron chi connectivity index (χ3n) is 8.59. The zero-order chi connectivity index (χ0) is 28.9. The number of rotatable bonds is 7. The zero-order valence-corrected chi connectivity index (χ0v) is 24.3. The molecule has 214 valence electrons. The van der Waals surface area contributed by atoms with Crippen LogP contribution in [0.5, 0.6) is 0 Å². The molecule has 2 aliphatic rings. The predicted octanol–water partition coefficient (Wildman–Crippen LogP) is 4.24. The molecule has 4 heterocycles. The number of fused-ring (bicyclic) bond motifs is 4. The van der Waals surface area contributed by atoms with Gasteiger partial charge in [-0.1, -0.05) is 29.5 Å². The van der Waals surface area contributed by atoms with E-state index in [9.17, 15) is 18.3 Å². The molecule has 10 nitrogen and oxygen atoms in total. The van der Waals surface area contributed by atoms with Crippen LogP contribution in [0.25, 0.3) is 11.0 Å². The molecule has 2 aliphatic heterocycles. The Morgan fingerprint density at radius 1 is 1.17 bits per heavy atom. The van der Waals surface area contributed by atoms with E-state index >= 15 is 0 Å². The van der Waals surface area contributed by atoms with Gasteiger partial charge in [-0.25, -0.2) is 18.1 Å². The number of hydrogen-bond acceptors (Lipinski definition) is 7. The molecule has 0 spiro atoms. The van der Waals surface area contributed by atoms with Gasteiger partial charge in [-0.2, -0.15) is 4.31 Å². The molecule has 0 bridgehead atoms.